The molecular weight excluding hydrogens is 305 g/mol. The second-order valence-corrected chi connectivity index (χ2v) is 4.44. The van der Waals surface area contributed by atoms with Gasteiger partial charge in [-0.25, -0.2) is 4.79 Å². The molecule has 0 bridgehead atoms. The normalized spacial score (nSPS) is 11.1. The van der Waals surface area contributed by atoms with Crippen LogP contribution in [0.1, 0.15) is 43.0 Å². The lowest BCUT2D eigenvalue weighted by atomic mass is 10.2. The van der Waals surface area contributed by atoms with E-state index < -0.39 is 35.4 Å². The van der Waals surface area contributed by atoms with Crippen molar-refractivity contribution < 1.29 is 37.3 Å². The Balaban J connectivity index is 2.91. The van der Waals surface area contributed by atoms with Gasteiger partial charge in [-0.05, 0) is 18.6 Å². The third-order valence-electron chi connectivity index (χ3n) is 2.63. The van der Waals surface area contributed by atoms with Crippen molar-refractivity contribution in [2.75, 3.05) is 0 Å². The van der Waals surface area contributed by atoms with Crippen molar-refractivity contribution in [1.29, 1.82) is 0 Å². The molecule has 0 aromatic heterocycles. The lowest BCUT2D eigenvalue weighted by Gasteiger charge is -2.12. The van der Waals surface area contributed by atoms with Gasteiger partial charge in [0.25, 0.3) is 0 Å². The zero-order chi connectivity index (χ0) is 16.8. The summed E-state index contributed by atoms with van der Waals surface area (Å²) in [6.07, 6.45) is -2.65. The van der Waals surface area contributed by atoms with Crippen LogP contribution in [0.4, 0.5) is 13.2 Å². The van der Waals surface area contributed by atoms with Gasteiger partial charge in [0.05, 0.1) is 0 Å². The average molecular weight is 320 g/mol. The molecular formula is C14H15F3O5. The van der Waals surface area contributed by atoms with Crippen LogP contribution >= 0.6 is 0 Å². The molecule has 0 unspecified atom stereocenters. The summed E-state index contributed by atoms with van der Waals surface area (Å²) in [7, 11) is 0. The molecule has 5 nitrogen and oxygen atoms in total. The van der Waals surface area contributed by atoms with Gasteiger partial charge in [-0.15, -0.1) is 13.2 Å². The van der Waals surface area contributed by atoms with Gasteiger partial charge in [-0.2, -0.15) is 0 Å². The van der Waals surface area contributed by atoms with E-state index in [-0.39, 0.29) is 6.42 Å². The van der Waals surface area contributed by atoms with Crippen molar-refractivity contribution in [3.63, 3.8) is 0 Å². The minimum atomic E-state index is -4.92. The number of hydrogen-bond acceptors (Lipinski definition) is 4. The van der Waals surface area contributed by atoms with Gasteiger partial charge in [0.2, 0.25) is 0 Å². The Morgan fingerprint density at radius 3 is 2.45 bits per heavy atom. The third kappa shape index (κ3) is 6.02. The summed E-state index contributed by atoms with van der Waals surface area (Å²) in [4.78, 5) is 22.6. The Bertz CT molecular complexity index is 540. The summed E-state index contributed by atoms with van der Waals surface area (Å²) in [5, 5.41) is 8.96. The highest BCUT2D eigenvalue weighted by atomic mass is 19.4. The van der Waals surface area contributed by atoms with E-state index in [2.05, 4.69) is 4.74 Å². The SMILES string of the molecule is CCCCCC(=O)Oc1cc(OC(F)(F)F)ccc1C(=O)O. The van der Waals surface area contributed by atoms with E-state index in [4.69, 9.17) is 9.84 Å². The number of rotatable bonds is 7. The van der Waals surface area contributed by atoms with Crippen molar-refractivity contribution >= 4 is 11.9 Å². The number of carboxylic acids is 1. The number of hydrogen-bond donors (Lipinski definition) is 1. The Morgan fingerprint density at radius 2 is 1.91 bits per heavy atom. The van der Waals surface area contributed by atoms with Crippen LogP contribution < -0.4 is 9.47 Å². The van der Waals surface area contributed by atoms with Gasteiger partial charge in [-0.1, -0.05) is 19.8 Å². The van der Waals surface area contributed by atoms with E-state index >= 15 is 0 Å². The third-order valence-corrected chi connectivity index (χ3v) is 2.63. The van der Waals surface area contributed by atoms with E-state index in [0.29, 0.717) is 6.42 Å². The number of unbranched alkanes of at least 4 members (excludes halogenated alkanes) is 2. The highest BCUT2D eigenvalue weighted by Gasteiger charge is 2.31. The monoisotopic (exact) mass is 320 g/mol. The van der Waals surface area contributed by atoms with Gasteiger partial charge >= 0.3 is 18.3 Å². The molecule has 0 amide bonds. The van der Waals surface area contributed by atoms with Crippen LogP contribution in [0.2, 0.25) is 0 Å². The molecule has 122 valence electrons. The first-order valence-electron chi connectivity index (χ1n) is 6.56. The predicted octanol–water partition coefficient (Wildman–Crippen LogP) is 3.77. The van der Waals surface area contributed by atoms with Crippen LogP contribution in [0.25, 0.3) is 0 Å². The number of alkyl halides is 3. The van der Waals surface area contributed by atoms with Crippen LogP contribution in [0, 0.1) is 0 Å². The predicted molar refractivity (Wildman–Crippen MR) is 69.9 cm³/mol. The van der Waals surface area contributed by atoms with Crippen molar-refractivity contribution in [2.24, 2.45) is 0 Å². The van der Waals surface area contributed by atoms with Crippen LogP contribution in [0.3, 0.4) is 0 Å². The van der Waals surface area contributed by atoms with Gasteiger partial charge in [0.1, 0.15) is 17.1 Å². The number of aromatic carboxylic acids is 1. The summed E-state index contributed by atoms with van der Waals surface area (Å²) in [6.45, 7) is 1.94. The van der Waals surface area contributed by atoms with Gasteiger partial charge < -0.3 is 14.6 Å². The maximum absolute atomic E-state index is 12.2. The summed E-state index contributed by atoms with van der Waals surface area (Å²) in [5.74, 6) is -3.26. The second kappa shape index (κ2) is 7.67. The Morgan fingerprint density at radius 1 is 1.23 bits per heavy atom. The first-order chi connectivity index (χ1) is 10.2. The second-order valence-electron chi connectivity index (χ2n) is 4.44. The van der Waals surface area contributed by atoms with Gasteiger partial charge in [0.15, 0.2) is 0 Å². The van der Waals surface area contributed by atoms with Gasteiger partial charge in [-0.3, -0.25) is 4.79 Å². The molecule has 1 N–H and O–H groups in total. The van der Waals surface area contributed by atoms with Crippen molar-refractivity contribution in [3.8, 4) is 11.5 Å². The number of carboxylic acid groups (broad SMARTS) is 1. The number of ether oxygens (including phenoxy) is 2. The molecule has 0 spiro atoms. The Kier molecular flexibility index (Phi) is 6.21. The first-order valence-corrected chi connectivity index (χ1v) is 6.56. The fourth-order valence-corrected chi connectivity index (χ4v) is 1.65. The molecule has 1 rings (SSSR count). The summed E-state index contributed by atoms with van der Waals surface area (Å²) >= 11 is 0. The molecule has 1 aromatic carbocycles. The van der Waals surface area contributed by atoms with E-state index in [1.54, 1.807) is 0 Å². The molecule has 0 aliphatic rings. The van der Waals surface area contributed by atoms with Crippen molar-refractivity contribution in [1.82, 2.24) is 0 Å². The Labute approximate surface area is 124 Å². The quantitative estimate of drug-likeness (QED) is 0.470. The van der Waals surface area contributed by atoms with E-state index in [9.17, 15) is 22.8 Å². The molecule has 0 atom stereocenters. The number of carbonyl (C=O) groups is 2. The maximum atomic E-state index is 12.2. The van der Waals surface area contributed by atoms with Gasteiger partial charge in [0, 0.05) is 12.5 Å². The minimum absolute atomic E-state index is 0.0528. The fourth-order valence-electron chi connectivity index (χ4n) is 1.65. The molecule has 0 fully saturated rings. The largest absolute Gasteiger partial charge is 0.573 e. The molecule has 8 heteroatoms. The number of benzene rings is 1. The zero-order valence-corrected chi connectivity index (χ0v) is 11.8. The Hall–Kier alpha value is -2.25. The smallest absolute Gasteiger partial charge is 0.478 e. The molecule has 0 heterocycles. The highest BCUT2D eigenvalue weighted by molar-refractivity contribution is 5.92. The van der Waals surface area contributed by atoms with Crippen LogP contribution in [0.5, 0.6) is 11.5 Å². The first kappa shape index (κ1) is 17.8. The van der Waals surface area contributed by atoms with Crippen LogP contribution in [0.15, 0.2) is 18.2 Å². The fraction of sp³-hybridized carbons (Fsp3) is 0.429. The molecule has 22 heavy (non-hydrogen) atoms. The molecule has 0 aliphatic heterocycles. The van der Waals surface area contributed by atoms with E-state index in [0.717, 1.165) is 31.0 Å². The standard InChI is InChI=1S/C14H15F3O5/c1-2-3-4-5-12(18)21-11-8-9(22-14(15,16)17)6-7-10(11)13(19)20/h6-8H,2-5H2,1H3,(H,19,20). The number of esters is 1. The topological polar surface area (TPSA) is 72.8 Å². The van der Waals surface area contributed by atoms with E-state index in [1.807, 2.05) is 6.92 Å². The number of halogens is 3. The number of carbonyl (C=O) groups excluding carboxylic acids is 1. The van der Waals surface area contributed by atoms with Crippen LogP contribution in [-0.4, -0.2) is 23.4 Å². The molecule has 0 saturated carbocycles. The molecule has 0 radical (unpaired) electrons. The zero-order valence-electron chi connectivity index (χ0n) is 11.8. The highest BCUT2D eigenvalue weighted by Crippen LogP contribution is 2.29. The summed E-state index contributed by atoms with van der Waals surface area (Å²) in [6, 6.07) is 2.46. The molecule has 0 saturated heterocycles. The van der Waals surface area contributed by atoms with Crippen molar-refractivity contribution in [3.05, 3.63) is 23.8 Å². The van der Waals surface area contributed by atoms with Crippen molar-refractivity contribution in [2.45, 2.75) is 39.0 Å². The lowest BCUT2D eigenvalue weighted by Crippen LogP contribution is -2.17. The van der Waals surface area contributed by atoms with Crippen LogP contribution in [-0.2, 0) is 4.79 Å². The molecule has 0 aliphatic carbocycles. The minimum Gasteiger partial charge on any atom is -0.478 e. The van der Waals surface area contributed by atoms with E-state index in [1.165, 1.54) is 0 Å². The maximum Gasteiger partial charge on any atom is 0.573 e. The summed E-state index contributed by atoms with van der Waals surface area (Å²) in [5.41, 5.74) is -0.418. The average Bonchev–Trinajstić information content (AvgIpc) is 2.36. The lowest BCUT2D eigenvalue weighted by molar-refractivity contribution is -0.274. The molecule has 1 aromatic rings. The summed E-state index contributed by atoms with van der Waals surface area (Å²) < 4.78 is 45.0.